The largest absolute Gasteiger partial charge is 0.493 e. The van der Waals surface area contributed by atoms with E-state index in [0.29, 0.717) is 6.61 Å². The van der Waals surface area contributed by atoms with Crippen molar-refractivity contribution in [2.45, 2.75) is 58.8 Å². The van der Waals surface area contributed by atoms with Gasteiger partial charge in [-0.05, 0) is 62.4 Å². The van der Waals surface area contributed by atoms with Crippen molar-refractivity contribution in [2.75, 3.05) is 13.2 Å². The van der Waals surface area contributed by atoms with Gasteiger partial charge < -0.3 is 9.47 Å². The van der Waals surface area contributed by atoms with Gasteiger partial charge in [0.25, 0.3) is 0 Å². The number of carbonyl (C=O) groups is 1. The molecule has 2 aromatic carbocycles. The lowest BCUT2D eigenvalue weighted by Crippen LogP contribution is -2.32. The fourth-order valence-electron chi connectivity index (χ4n) is 4.12. The van der Waals surface area contributed by atoms with Gasteiger partial charge in [-0.2, -0.15) is 0 Å². The van der Waals surface area contributed by atoms with Crippen LogP contribution in [0, 0.1) is 18.8 Å². The second-order valence-electron chi connectivity index (χ2n) is 7.64. The first-order valence-corrected chi connectivity index (χ1v) is 10.6. The van der Waals surface area contributed by atoms with Gasteiger partial charge in [-0.3, -0.25) is 4.79 Å². The molecule has 3 nitrogen and oxygen atoms in total. The Morgan fingerprint density at radius 3 is 2.55 bits per heavy atom. The van der Waals surface area contributed by atoms with Crippen LogP contribution in [0.5, 0.6) is 5.75 Å². The zero-order valence-electron chi connectivity index (χ0n) is 17.9. The van der Waals surface area contributed by atoms with E-state index in [-0.39, 0.29) is 17.8 Å². The number of ether oxygens (including phenoxy) is 2. The molecule has 2 aromatic rings. The summed E-state index contributed by atoms with van der Waals surface area (Å²) in [6.07, 6.45) is 3.48. The highest BCUT2D eigenvalue weighted by Crippen LogP contribution is 2.44. The summed E-state index contributed by atoms with van der Waals surface area (Å²) in [5.41, 5.74) is 5.34. The van der Waals surface area contributed by atoms with Crippen LogP contribution in [0.2, 0.25) is 0 Å². The molecule has 0 aliphatic carbocycles. The molecule has 0 radical (unpaired) electrons. The lowest BCUT2D eigenvalue weighted by molar-refractivity contribution is -0.142. The predicted octanol–water partition coefficient (Wildman–Crippen LogP) is 5.34. The zero-order chi connectivity index (χ0) is 20.9. The van der Waals surface area contributed by atoms with E-state index in [2.05, 4.69) is 44.7 Å². The van der Waals surface area contributed by atoms with Gasteiger partial charge in [0.05, 0.1) is 19.6 Å². The lowest BCUT2D eigenvalue weighted by Gasteiger charge is -2.38. The molecule has 1 heterocycles. The minimum Gasteiger partial charge on any atom is -0.493 e. The van der Waals surface area contributed by atoms with Crippen LogP contribution in [-0.2, 0) is 21.4 Å². The minimum absolute atomic E-state index is 0.166. The van der Waals surface area contributed by atoms with E-state index in [1.54, 1.807) is 0 Å². The second-order valence-corrected chi connectivity index (χ2v) is 7.64. The van der Waals surface area contributed by atoms with Crippen LogP contribution < -0.4 is 4.74 Å². The van der Waals surface area contributed by atoms with Gasteiger partial charge in [-0.15, -0.1) is 0 Å². The summed E-state index contributed by atoms with van der Waals surface area (Å²) in [6, 6.07) is 12.1. The van der Waals surface area contributed by atoms with Crippen molar-refractivity contribution in [3.8, 4) is 17.6 Å². The normalized spacial score (nSPS) is 14.2. The summed E-state index contributed by atoms with van der Waals surface area (Å²) < 4.78 is 11.1. The molecule has 0 unspecified atom stereocenters. The highest BCUT2D eigenvalue weighted by atomic mass is 16.5. The number of benzene rings is 2. The average molecular weight is 391 g/mol. The third-order valence-electron chi connectivity index (χ3n) is 6.08. The van der Waals surface area contributed by atoms with Crippen molar-refractivity contribution < 1.29 is 14.3 Å². The molecule has 0 atom stereocenters. The molecule has 0 saturated carbocycles. The molecule has 29 heavy (non-hydrogen) atoms. The van der Waals surface area contributed by atoms with Crippen molar-refractivity contribution in [2.24, 2.45) is 0 Å². The monoisotopic (exact) mass is 390 g/mol. The fraction of sp³-hybridized carbons (Fsp3) is 0.423. The van der Waals surface area contributed by atoms with Crippen LogP contribution in [0.25, 0.3) is 0 Å². The molecule has 3 rings (SSSR count). The van der Waals surface area contributed by atoms with Gasteiger partial charge in [-0.25, -0.2) is 0 Å². The summed E-state index contributed by atoms with van der Waals surface area (Å²) in [7, 11) is 0. The Kier molecular flexibility index (Phi) is 6.64. The Hall–Kier alpha value is -2.73. The van der Waals surface area contributed by atoms with E-state index in [0.717, 1.165) is 53.9 Å². The maximum absolute atomic E-state index is 11.9. The molecular weight excluding hydrogens is 360 g/mol. The highest BCUT2D eigenvalue weighted by Gasteiger charge is 2.35. The standard InChI is InChI=1S/C26H30O3/c1-5-26(6-2)14-15-29-24-16-19(4)21(17-23(24)26)13-12-20-10-8-9-11-22(20)18-25(27)28-7-3/h8-11,16-17H,5-7,14-15,18H2,1-4H3. The molecule has 1 aliphatic rings. The molecule has 0 fully saturated rings. The molecule has 0 bridgehead atoms. The van der Waals surface area contributed by atoms with Gasteiger partial charge in [0.15, 0.2) is 0 Å². The predicted molar refractivity (Wildman–Crippen MR) is 116 cm³/mol. The van der Waals surface area contributed by atoms with Crippen molar-refractivity contribution >= 4 is 5.97 Å². The van der Waals surface area contributed by atoms with Crippen LogP contribution in [0.15, 0.2) is 36.4 Å². The molecule has 152 valence electrons. The number of carbonyl (C=O) groups excluding carboxylic acids is 1. The third-order valence-corrected chi connectivity index (χ3v) is 6.08. The van der Waals surface area contributed by atoms with E-state index >= 15 is 0 Å². The van der Waals surface area contributed by atoms with Crippen molar-refractivity contribution in [1.29, 1.82) is 0 Å². The molecule has 3 heteroatoms. The maximum atomic E-state index is 11.9. The van der Waals surface area contributed by atoms with E-state index in [1.165, 1.54) is 5.56 Å². The average Bonchev–Trinajstić information content (AvgIpc) is 2.73. The van der Waals surface area contributed by atoms with E-state index < -0.39 is 0 Å². The first kappa shape index (κ1) is 21.0. The number of esters is 1. The minimum atomic E-state index is -0.223. The number of rotatable bonds is 5. The van der Waals surface area contributed by atoms with E-state index in [4.69, 9.17) is 9.47 Å². The molecule has 0 spiro atoms. The fourth-order valence-corrected chi connectivity index (χ4v) is 4.12. The SMILES string of the molecule is CCOC(=O)Cc1ccccc1C#Cc1cc2c(cc1C)OCCC2(CC)CC. The molecule has 0 aromatic heterocycles. The Morgan fingerprint density at radius 2 is 1.83 bits per heavy atom. The Morgan fingerprint density at radius 1 is 1.10 bits per heavy atom. The number of hydrogen-bond acceptors (Lipinski definition) is 3. The van der Waals surface area contributed by atoms with Gasteiger partial charge in [0, 0.05) is 22.1 Å². The second kappa shape index (κ2) is 9.18. The summed E-state index contributed by atoms with van der Waals surface area (Å²) in [4.78, 5) is 11.9. The lowest BCUT2D eigenvalue weighted by atomic mass is 9.71. The van der Waals surface area contributed by atoms with Crippen LogP contribution in [0.3, 0.4) is 0 Å². The Bertz CT molecular complexity index is 942. The molecule has 0 saturated heterocycles. The van der Waals surface area contributed by atoms with Gasteiger partial charge >= 0.3 is 5.97 Å². The summed E-state index contributed by atoms with van der Waals surface area (Å²) in [5.74, 6) is 7.43. The summed E-state index contributed by atoms with van der Waals surface area (Å²) >= 11 is 0. The van der Waals surface area contributed by atoms with Crippen LogP contribution >= 0.6 is 0 Å². The van der Waals surface area contributed by atoms with E-state index in [9.17, 15) is 4.79 Å². The van der Waals surface area contributed by atoms with Crippen molar-refractivity contribution in [3.05, 3.63) is 64.2 Å². The Labute approximate surface area is 174 Å². The smallest absolute Gasteiger partial charge is 0.310 e. The number of aryl methyl sites for hydroxylation is 1. The van der Waals surface area contributed by atoms with Crippen LogP contribution in [0.1, 0.15) is 67.9 Å². The van der Waals surface area contributed by atoms with E-state index in [1.807, 2.05) is 31.2 Å². The quantitative estimate of drug-likeness (QED) is 0.511. The van der Waals surface area contributed by atoms with Crippen LogP contribution in [0.4, 0.5) is 0 Å². The summed E-state index contributed by atoms with van der Waals surface area (Å²) in [6.45, 7) is 9.58. The number of fused-ring (bicyclic) bond motifs is 1. The first-order valence-electron chi connectivity index (χ1n) is 10.6. The van der Waals surface area contributed by atoms with Gasteiger partial charge in [0.2, 0.25) is 0 Å². The highest BCUT2D eigenvalue weighted by molar-refractivity contribution is 5.73. The maximum Gasteiger partial charge on any atom is 0.310 e. The molecular formula is C26H30O3. The third kappa shape index (κ3) is 4.48. The van der Waals surface area contributed by atoms with Crippen molar-refractivity contribution in [1.82, 2.24) is 0 Å². The number of hydrogen-bond donors (Lipinski definition) is 0. The van der Waals surface area contributed by atoms with Crippen LogP contribution in [-0.4, -0.2) is 19.2 Å². The first-order chi connectivity index (χ1) is 14.0. The van der Waals surface area contributed by atoms with Crippen molar-refractivity contribution in [3.63, 3.8) is 0 Å². The molecule has 0 amide bonds. The zero-order valence-corrected chi connectivity index (χ0v) is 17.9. The molecule has 0 N–H and O–H groups in total. The molecule has 1 aliphatic heterocycles. The topological polar surface area (TPSA) is 35.5 Å². The Balaban J connectivity index is 1.98. The van der Waals surface area contributed by atoms with Gasteiger partial charge in [-0.1, -0.05) is 43.9 Å². The summed E-state index contributed by atoms with van der Waals surface area (Å²) in [5, 5.41) is 0. The van der Waals surface area contributed by atoms with Gasteiger partial charge in [0.1, 0.15) is 5.75 Å².